The maximum atomic E-state index is 6.62. The molecule has 0 fully saturated rings. The molecule has 19 heavy (non-hydrogen) atoms. The molecule has 0 spiro atoms. The Morgan fingerprint density at radius 1 is 0.895 bits per heavy atom. The SMILES string of the molecule is CC[Si](Cl)(CC)Oc1ccccc1-c1ccccc1. The van der Waals surface area contributed by atoms with E-state index in [1.807, 2.05) is 36.4 Å². The Hall–Kier alpha value is -1.25. The summed E-state index contributed by atoms with van der Waals surface area (Å²) in [6.45, 7) is 4.21. The molecular formula is C16H19ClOSi. The Morgan fingerprint density at radius 2 is 1.47 bits per heavy atom. The zero-order valence-electron chi connectivity index (χ0n) is 11.4. The molecule has 0 amide bonds. The van der Waals surface area contributed by atoms with E-state index in [1.165, 1.54) is 5.56 Å². The lowest BCUT2D eigenvalue weighted by atomic mass is 10.1. The minimum Gasteiger partial charge on any atom is -0.529 e. The van der Waals surface area contributed by atoms with Crippen LogP contribution in [0.15, 0.2) is 54.6 Å². The van der Waals surface area contributed by atoms with Crippen LogP contribution in [0.4, 0.5) is 0 Å². The molecule has 0 N–H and O–H groups in total. The average molecular weight is 291 g/mol. The second kappa shape index (κ2) is 6.26. The highest BCUT2D eigenvalue weighted by atomic mass is 35.6. The van der Waals surface area contributed by atoms with E-state index < -0.39 is 7.63 Å². The first kappa shape index (κ1) is 14.2. The molecule has 0 aromatic heterocycles. The smallest absolute Gasteiger partial charge is 0.347 e. The zero-order valence-corrected chi connectivity index (χ0v) is 13.2. The van der Waals surface area contributed by atoms with Gasteiger partial charge in [-0.2, -0.15) is 0 Å². The minimum absolute atomic E-state index is 0.902. The second-order valence-electron chi connectivity index (χ2n) is 4.55. The van der Waals surface area contributed by atoms with Crippen molar-refractivity contribution in [2.45, 2.75) is 25.9 Å². The summed E-state index contributed by atoms with van der Waals surface area (Å²) in [6.07, 6.45) is 0. The van der Waals surface area contributed by atoms with Crippen LogP contribution in [0.2, 0.25) is 12.1 Å². The van der Waals surface area contributed by atoms with Crippen molar-refractivity contribution in [3.63, 3.8) is 0 Å². The van der Waals surface area contributed by atoms with Crippen molar-refractivity contribution < 1.29 is 4.43 Å². The predicted octanol–water partition coefficient (Wildman–Crippen LogP) is 5.45. The lowest BCUT2D eigenvalue weighted by Crippen LogP contribution is -2.33. The van der Waals surface area contributed by atoms with E-state index in [4.69, 9.17) is 15.5 Å². The summed E-state index contributed by atoms with van der Waals surface area (Å²) in [5, 5.41) is 0. The number of rotatable bonds is 5. The monoisotopic (exact) mass is 290 g/mol. The molecular weight excluding hydrogens is 272 g/mol. The summed E-state index contributed by atoms with van der Waals surface area (Å²) < 4.78 is 6.19. The van der Waals surface area contributed by atoms with E-state index in [0.29, 0.717) is 0 Å². The van der Waals surface area contributed by atoms with E-state index >= 15 is 0 Å². The number of para-hydroxylation sites is 1. The van der Waals surface area contributed by atoms with Crippen LogP contribution >= 0.6 is 11.1 Å². The van der Waals surface area contributed by atoms with Gasteiger partial charge in [-0.3, -0.25) is 0 Å². The lowest BCUT2D eigenvalue weighted by molar-refractivity contribution is 0.558. The van der Waals surface area contributed by atoms with Gasteiger partial charge in [-0.25, -0.2) is 0 Å². The third-order valence-corrected chi connectivity index (χ3v) is 7.85. The molecule has 0 saturated carbocycles. The molecule has 3 heteroatoms. The van der Waals surface area contributed by atoms with Gasteiger partial charge in [0.05, 0.1) is 0 Å². The zero-order chi connectivity index (χ0) is 13.7. The Labute approximate surface area is 121 Å². The molecule has 0 bridgehead atoms. The van der Waals surface area contributed by atoms with Gasteiger partial charge in [-0.15, -0.1) is 11.1 Å². The minimum atomic E-state index is -2.13. The summed E-state index contributed by atoms with van der Waals surface area (Å²) in [5.74, 6) is 0.902. The van der Waals surface area contributed by atoms with Crippen molar-refractivity contribution in [2.24, 2.45) is 0 Å². The quantitative estimate of drug-likeness (QED) is 0.525. The molecule has 0 atom stereocenters. The van der Waals surface area contributed by atoms with Crippen LogP contribution in [0.1, 0.15) is 13.8 Å². The van der Waals surface area contributed by atoms with Gasteiger partial charge >= 0.3 is 7.63 Å². The van der Waals surface area contributed by atoms with Crippen LogP contribution in [0.3, 0.4) is 0 Å². The second-order valence-corrected chi connectivity index (χ2v) is 10.0. The summed E-state index contributed by atoms with van der Waals surface area (Å²) in [5.41, 5.74) is 2.28. The van der Waals surface area contributed by atoms with Crippen LogP contribution < -0.4 is 4.43 Å². The van der Waals surface area contributed by atoms with Gasteiger partial charge in [0, 0.05) is 5.56 Å². The van der Waals surface area contributed by atoms with Gasteiger partial charge in [0.15, 0.2) is 0 Å². The van der Waals surface area contributed by atoms with Gasteiger partial charge in [0.25, 0.3) is 0 Å². The standard InChI is InChI=1S/C16H19ClOSi/c1-3-19(17,4-2)18-16-13-9-8-12-15(16)14-10-6-5-7-11-14/h5-13H,3-4H2,1-2H3. The highest BCUT2D eigenvalue weighted by Crippen LogP contribution is 2.34. The average Bonchev–Trinajstić information content (AvgIpc) is 2.48. The number of hydrogen-bond acceptors (Lipinski definition) is 1. The molecule has 1 nitrogen and oxygen atoms in total. The van der Waals surface area contributed by atoms with Crippen LogP contribution in [-0.4, -0.2) is 7.63 Å². The van der Waals surface area contributed by atoms with E-state index in [-0.39, 0.29) is 0 Å². The molecule has 0 aliphatic rings. The number of benzene rings is 2. The Kier molecular flexibility index (Phi) is 4.67. The van der Waals surface area contributed by atoms with Gasteiger partial charge in [0.1, 0.15) is 5.75 Å². The van der Waals surface area contributed by atoms with Crippen molar-refractivity contribution in [2.75, 3.05) is 0 Å². The highest BCUT2D eigenvalue weighted by molar-refractivity contribution is 7.17. The largest absolute Gasteiger partial charge is 0.529 e. The van der Waals surface area contributed by atoms with Crippen molar-refractivity contribution >= 4 is 18.7 Å². The van der Waals surface area contributed by atoms with E-state index in [2.05, 4.69) is 32.0 Å². The van der Waals surface area contributed by atoms with Crippen LogP contribution in [-0.2, 0) is 0 Å². The summed E-state index contributed by atoms with van der Waals surface area (Å²) in [4.78, 5) is 0. The Bertz CT molecular complexity index is 523. The van der Waals surface area contributed by atoms with E-state index in [1.54, 1.807) is 0 Å². The van der Waals surface area contributed by atoms with Crippen molar-refractivity contribution in [3.8, 4) is 16.9 Å². The van der Waals surface area contributed by atoms with Crippen molar-refractivity contribution in [1.29, 1.82) is 0 Å². The van der Waals surface area contributed by atoms with Gasteiger partial charge in [-0.1, -0.05) is 62.4 Å². The number of hydrogen-bond donors (Lipinski definition) is 0. The summed E-state index contributed by atoms with van der Waals surface area (Å²) in [6, 6.07) is 20.2. The first-order chi connectivity index (χ1) is 9.18. The molecule has 2 aromatic rings. The fraction of sp³-hybridized carbons (Fsp3) is 0.250. The molecule has 0 unspecified atom stereocenters. The fourth-order valence-corrected chi connectivity index (χ4v) is 3.61. The van der Waals surface area contributed by atoms with Crippen LogP contribution in [0.5, 0.6) is 5.75 Å². The predicted molar refractivity (Wildman–Crippen MR) is 85.1 cm³/mol. The molecule has 100 valence electrons. The van der Waals surface area contributed by atoms with Gasteiger partial charge < -0.3 is 4.43 Å². The summed E-state index contributed by atoms with van der Waals surface area (Å²) >= 11 is 6.62. The lowest BCUT2D eigenvalue weighted by Gasteiger charge is -2.24. The molecule has 0 aliphatic carbocycles. The molecule has 2 aromatic carbocycles. The fourth-order valence-electron chi connectivity index (χ4n) is 2.00. The van der Waals surface area contributed by atoms with Crippen LogP contribution in [0.25, 0.3) is 11.1 Å². The molecule has 0 aliphatic heterocycles. The maximum absolute atomic E-state index is 6.62. The van der Waals surface area contributed by atoms with E-state index in [0.717, 1.165) is 23.4 Å². The molecule has 2 rings (SSSR count). The van der Waals surface area contributed by atoms with Gasteiger partial charge in [0.2, 0.25) is 0 Å². The molecule has 0 heterocycles. The Morgan fingerprint density at radius 3 is 2.11 bits per heavy atom. The Balaban J connectivity index is 2.37. The van der Waals surface area contributed by atoms with E-state index in [9.17, 15) is 0 Å². The number of halogens is 1. The normalized spacial score (nSPS) is 11.3. The van der Waals surface area contributed by atoms with Gasteiger partial charge in [-0.05, 0) is 23.7 Å². The van der Waals surface area contributed by atoms with Crippen molar-refractivity contribution in [3.05, 3.63) is 54.6 Å². The van der Waals surface area contributed by atoms with Crippen LogP contribution in [0, 0.1) is 0 Å². The summed E-state index contributed by atoms with van der Waals surface area (Å²) in [7, 11) is -2.13. The highest BCUT2D eigenvalue weighted by Gasteiger charge is 2.31. The topological polar surface area (TPSA) is 9.23 Å². The third kappa shape index (κ3) is 3.40. The molecule has 0 radical (unpaired) electrons. The first-order valence-electron chi connectivity index (χ1n) is 6.71. The van der Waals surface area contributed by atoms with Crippen molar-refractivity contribution in [1.82, 2.24) is 0 Å². The molecule has 0 saturated heterocycles. The first-order valence-corrected chi connectivity index (χ1v) is 10.0. The third-order valence-electron chi connectivity index (χ3n) is 3.32. The maximum Gasteiger partial charge on any atom is 0.347 e.